The van der Waals surface area contributed by atoms with E-state index in [1.54, 1.807) is 25.7 Å². The molecule has 2 N–H and O–H groups in total. The lowest BCUT2D eigenvalue weighted by Gasteiger charge is -2.40. The van der Waals surface area contributed by atoms with Crippen molar-refractivity contribution in [3.63, 3.8) is 0 Å². The van der Waals surface area contributed by atoms with Crippen LogP contribution in [0.2, 0.25) is 0 Å². The lowest BCUT2D eigenvalue weighted by molar-refractivity contribution is -0.125. The summed E-state index contributed by atoms with van der Waals surface area (Å²) < 4.78 is 24.4. The summed E-state index contributed by atoms with van der Waals surface area (Å²) in [6.07, 6.45) is -1.19. The highest BCUT2D eigenvalue weighted by molar-refractivity contribution is 7.18. The maximum absolute atomic E-state index is 14.0. The topological polar surface area (TPSA) is 108 Å². The Morgan fingerprint density at radius 2 is 1.97 bits per heavy atom. The summed E-state index contributed by atoms with van der Waals surface area (Å²) in [6.45, 7) is 8.74. The molecule has 36 heavy (non-hydrogen) atoms. The fraction of sp³-hybridized carbons (Fsp3) is 0.480. The molecule has 9 nitrogen and oxygen atoms in total. The second kappa shape index (κ2) is 11.3. The lowest BCUT2D eigenvalue weighted by Crippen LogP contribution is -2.56. The van der Waals surface area contributed by atoms with Crippen LogP contribution in [0.15, 0.2) is 18.2 Å². The van der Waals surface area contributed by atoms with E-state index in [1.165, 1.54) is 30.2 Å². The molecule has 1 aromatic heterocycles. The molecule has 0 saturated heterocycles. The Balaban J connectivity index is 2.04. The number of hydrogen-bond acceptors (Lipinski definition) is 8. The zero-order valence-corrected chi connectivity index (χ0v) is 22.1. The minimum absolute atomic E-state index is 0.0184. The number of β-amino-alcohol motifs (C(OH)–C–C–N with tert-alkyl or cyclic N) is 1. The number of nitrogens with one attached hydrogen (secondary N) is 1. The van der Waals surface area contributed by atoms with Crippen molar-refractivity contribution in [1.82, 2.24) is 10.2 Å². The molecule has 11 heteroatoms. The van der Waals surface area contributed by atoms with Crippen molar-refractivity contribution in [2.45, 2.75) is 52.8 Å². The third-order valence-corrected chi connectivity index (χ3v) is 7.23. The first-order valence-electron chi connectivity index (χ1n) is 11.7. The van der Waals surface area contributed by atoms with Gasteiger partial charge in [-0.25, -0.2) is 9.18 Å². The molecule has 1 aliphatic heterocycles. The van der Waals surface area contributed by atoms with Crippen LogP contribution in [0.1, 0.15) is 65.0 Å². The molecule has 2 amide bonds. The van der Waals surface area contributed by atoms with E-state index in [9.17, 15) is 23.9 Å². The van der Waals surface area contributed by atoms with Gasteiger partial charge in [0.2, 0.25) is 5.91 Å². The van der Waals surface area contributed by atoms with Gasteiger partial charge in [0, 0.05) is 11.6 Å². The number of carbonyl (C=O) groups excluding carboxylic acids is 3. The van der Waals surface area contributed by atoms with E-state index in [4.69, 9.17) is 9.47 Å². The maximum Gasteiger partial charge on any atom is 0.348 e. The van der Waals surface area contributed by atoms with E-state index < -0.39 is 29.8 Å². The highest BCUT2D eigenvalue weighted by atomic mass is 32.1. The van der Waals surface area contributed by atoms with Gasteiger partial charge >= 0.3 is 5.97 Å². The van der Waals surface area contributed by atoms with Gasteiger partial charge in [-0.15, -0.1) is 11.3 Å². The van der Waals surface area contributed by atoms with E-state index in [0.717, 1.165) is 11.3 Å². The molecule has 2 aromatic rings. The number of anilines is 1. The fourth-order valence-corrected chi connectivity index (χ4v) is 5.27. The summed E-state index contributed by atoms with van der Waals surface area (Å²) in [6, 6.07) is 2.92. The molecule has 3 rings (SSSR count). The number of esters is 1. The van der Waals surface area contributed by atoms with Crippen molar-refractivity contribution in [3.8, 4) is 5.75 Å². The number of aliphatic hydroxyl groups excluding tert-OH is 1. The Kier molecular flexibility index (Phi) is 8.57. The first kappa shape index (κ1) is 27.4. The van der Waals surface area contributed by atoms with Gasteiger partial charge in [0.1, 0.15) is 33.6 Å². The molecular weight excluding hydrogens is 489 g/mol. The summed E-state index contributed by atoms with van der Waals surface area (Å²) in [5.74, 6) is -1.49. The van der Waals surface area contributed by atoms with Crippen LogP contribution in [0, 0.1) is 12.7 Å². The van der Waals surface area contributed by atoms with Crippen molar-refractivity contribution < 1.29 is 33.4 Å². The zero-order valence-electron chi connectivity index (χ0n) is 21.3. The molecule has 0 bridgehead atoms. The van der Waals surface area contributed by atoms with Crippen molar-refractivity contribution in [1.29, 1.82) is 0 Å². The van der Waals surface area contributed by atoms with Crippen molar-refractivity contribution >= 4 is 34.1 Å². The Bertz CT molecular complexity index is 1150. The summed E-state index contributed by atoms with van der Waals surface area (Å²) in [5.41, 5.74) is 0.964. The van der Waals surface area contributed by atoms with Gasteiger partial charge in [0.15, 0.2) is 0 Å². The monoisotopic (exact) mass is 521 g/mol. The van der Waals surface area contributed by atoms with Crippen LogP contribution in [0.25, 0.3) is 0 Å². The highest BCUT2D eigenvalue weighted by Gasteiger charge is 2.40. The molecule has 0 radical (unpaired) electrons. The van der Waals surface area contributed by atoms with Gasteiger partial charge < -0.3 is 29.7 Å². The molecule has 0 saturated carbocycles. The van der Waals surface area contributed by atoms with Gasteiger partial charge in [-0.3, -0.25) is 9.59 Å². The number of benzene rings is 1. The molecule has 2 heterocycles. The lowest BCUT2D eigenvalue weighted by atomic mass is 10.0. The van der Waals surface area contributed by atoms with E-state index in [-0.39, 0.29) is 47.8 Å². The number of thiophene rings is 1. The Morgan fingerprint density at radius 3 is 2.58 bits per heavy atom. The molecule has 0 fully saturated rings. The van der Waals surface area contributed by atoms with Crippen LogP contribution in [-0.4, -0.2) is 66.8 Å². The fourth-order valence-electron chi connectivity index (χ4n) is 4.08. The van der Waals surface area contributed by atoms with Crippen LogP contribution < -0.4 is 15.0 Å². The van der Waals surface area contributed by atoms with E-state index in [1.807, 2.05) is 13.8 Å². The second-order valence-electron chi connectivity index (χ2n) is 8.84. The molecule has 2 atom stereocenters. The highest BCUT2D eigenvalue weighted by Crippen LogP contribution is 2.41. The summed E-state index contributed by atoms with van der Waals surface area (Å²) in [5, 5.41) is 14.4. The predicted octanol–water partition coefficient (Wildman–Crippen LogP) is 3.25. The van der Waals surface area contributed by atoms with Gasteiger partial charge in [-0.1, -0.05) is 0 Å². The van der Waals surface area contributed by atoms with Crippen molar-refractivity contribution in [3.05, 3.63) is 45.6 Å². The molecular formula is C25H32FN3O6S. The van der Waals surface area contributed by atoms with Crippen LogP contribution >= 0.6 is 11.3 Å². The standard InChI is InChI=1S/C25H32FN3O6S/c1-7-35-25(33)21-14(4)20-23(32)29(15(5)22(31)27-13(2)3)12-28(24(20)36-21)11-18(30)17-10-16(26)8-9-19(17)34-6/h8-10,13,15,18,30H,7,11-12H2,1-6H3,(H,27,31). The maximum atomic E-state index is 14.0. The number of hydrogen-bond donors (Lipinski definition) is 2. The van der Waals surface area contributed by atoms with Crippen molar-refractivity contribution in [2.75, 3.05) is 31.8 Å². The van der Waals surface area contributed by atoms with E-state index in [2.05, 4.69) is 5.32 Å². The number of carbonyl (C=O) groups is 3. The Labute approximate surface area is 213 Å². The average Bonchev–Trinajstić information content (AvgIpc) is 3.18. The van der Waals surface area contributed by atoms with Crippen LogP contribution in [0.3, 0.4) is 0 Å². The van der Waals surface area contributed by atoms with Gasteiger partial charge in [0.05, 0.1) is 32.5 Å². The first-order chi connectivity index (χ1) is 17.0. The van der Waals surface area contributed by atoms with Crippen LogP contribution in [-0.2, 0) is 9.53 Å². The Morgan fingerprint density at radius 1 is 1.28 bits per heavy atom. The number of aliphatic hydroxyl groups is 1. The van der Waals surface area contributed by atoms with Crippen LogP contribution in [0.5, 0.6) is 5.75 Å². The number of rotatable bonds is 9. The summed E-state index contributed by atoms with van der Waals surface area (Å²) >= 11 is 1.09. The smallest absolute Gasteiger partial charge is 0.348 e. The normalized spacial score (nSPS) is 15.0. The molecule has 196 valence electrons. The average molecular weight is 522 g/mol. The van der Waals surface area contributed by atoms with Crippen LogP contribution in [0.4, 0.5) is 9.39 Å². The summed E-state index contributed by atoms with van der Waals surface area (Å²) in [7, 11) is 1.42. The predicted molar refractivity (Wildman–Crippen MR) is 134 cm³/mol. The quantitative estimate of drug-likeness (QED) is 0.488. The molecule has 0 spiro atoms. The first-order valence-corrected chi connectivity index (χ1v) is 12.5. The minimum atomic E-state index is -1.19. The summed E-state index contributed by atoms with van der Waals surface area (Å²) in [4.78, 5) is 42.3. The largest absolute Gasteiger partial charge is 0.496 e. The second-order valence-corrected chi connectivity index (χ2v) is 9.84. The number of ether oxygens (including phenoxy) is 2. The number of amides is 2. The van der Waals surface area contributed by atoms with Crippen molar-refractivity contribution in [2.24, 2.45) is 0 Å². The van der Waals surface area contributed by atoms with Gasteiger partial charge in [0.25, 0.3) is 5.91 Å². The molecule has 0 aliphatic carbocycles. The Hall–Kier alpha value is -3.18. The SMILES string of the molecule is CCOC(=O)c1sc2c(c1C)C(=O)N(C(C)C(=O)NC(C)C)CN2CC(O)c1cc(F)ccc1OC. The van der Waals surface area contributed by atoms with E-state index >= 15 is 0 Å². The third-order valence-electron chi connectivity index (χ3n) is 5.90. The number of nitrogens with zero attached hydrogens (tertiary/aromatic N) is 2. The molecule has 1 aliphatic rings. The third kappa shape index (κ3) is 5.46. The number of halogens is 1. The molecule has 1 aromatic carbocycles. The van der Waals surface area contributed by atoms with Gasteiger partial charge in [-0.05, 0) is 58.4 Å². The number of fused-ring (bicyclic) bond motifs is 1. The van der Waals surface area contributed by atoms with Gasteiger partial charge in [-0.2, -0.15) is 0 Å². The number of methoxy groups -OCH3 is 1. The van der Waals surface area contributed by atoms with E-state index in [0.29, 0.717) is 16.3 Å². The molecule has 2 unspecified atom stereocenters. The minimum Gasteiger partial charge on any atom is -0.496 e. The zero-order chi connectivity index (χ0) is 26.7.